The van der Waals surface area contributed by atoms with Crippen LogP contribution in [0, 0.1) is 0 Å². The van der Waals surface area contributed by atoms with Gasteiger partial charge in [0.2, 0.25) is 15.9 Å². The summed E-state index contributed by atoms with van der Waals surface area (Å²) in [5.41, 5.74) is -0.421. The molecule has 186 valence electrons. The van der Waals surface area contributed by atoms with Crippen LogP contribution in [0.5, 0.6) is 5.75 Å². The molecular weight excluding hydrogens is 505 g/mol. The molecule has 0 fully saturated rings. The molecule has 0 heterocycles. The van der Waals surface area contributed by atoms with Gasteiger partial charge in [-0.3, -0.25) is 4.79 Å². The molecule has 1 amide bonds. The Morgan fingerprint density at radius 1 is 1.03 bits per heavy atom. The lowest BCUT2D eigenvalue weighted by molar-refractivity contribution is -0.137. The van der Waals surface area contributed by atoms with Crippen molar-refractivity contribution in [2.75, 3.05) is 11.9 Å². The Hall–Kier alpha value is -3.08. The second kappa shape index (κ2) is 11.1. The summed E-state index contributed by atoms with van der Waals surface area (Å²) >= 11 is 6.11. The number of sulfonamides is 1. The van der Waals surface area contributed by atoms with Gasteiger partial charge < -0.3 is 10.1 Å². The number of ether oxygens (including phenoxy) is 1. The molecule has 35 heavy (non-hydrogen) atoms. The molecule has 1 atom stereocenters. The van der Waals surface area contributed by atoms with Gasteiger partial charge in [-0.05, 0) is 55.3 Å². The number of amides is 1. The number of carbonyl (C=O) groups is 1. The van der Waals surface area contributed by atoms with E-state index in [2.05, 4.69) is 10.0 Å². The molecule has 6 nitrogen and oxygen atoms in total. The van der Waals surface area contributed by atoms with E-state index in [1.165, 1.54) is 24.3 Å². The highest BCUT2D eigenvalue weighted by Gasteiger charge is 2.31. The highest BCUT2D eigenvalue weighted by atomic mass is 35.5. The van der Waals surface area contributed by atoms with Gasteiger partial charge in [0.25, 0.3) is 0 Å². The molecule has 0 saturated carbocycles. The SMILES string of the molecule is CCOc1ccc(S(=O)(=O)NC(Cc2ccccc2)C(=O)Nc2cccc(C(F)(F)F)c2)cc1Cl. The van der Waals surface area contributed by atoms with Crippen LogP contribution in [0.3, 0.4) is 0 Å². The first-order valence-corrected chi connectivity index (χ1v) is 12.3. The van der Waals surface area contributed by atoms with Gasteiger partial charge in [-0.15, -0.1) is 0 Å². The number of benzene rings is 3. The maximum atomic E-state index is 13.1. The molecule has 11 heteroatoms. The van der Waals surface area contributed by atoms with Crippen molar-refractivity contribution in [1.82, 2.24) is 4.72 Å². The minimum absolute atomic E-state index is 0.0460. The van der Waals surface area contributed by atoms with Crippen molar-refractivity contribution in [3.63, 3.8) is 0 Å². The lowest BCUT2D eigenvalue weighted by atomic mass is 10.1. The van der Waals surface area contributed by atoms with E-state index in [0.29, 0.717) is 17.9 Å². The van der Waals surface area contributed by atoms with Crippen molar-refractivity contribution in [2.24, 2.45) is 0 Å². The van der Waals surface area contributed by atoms with Crippen molar-refractivity contribution in [1.29, 1.82) is 0 Å². The Morgan fingerprint density at radius 3 is 2.37 bits per heavy atom. The first kappa shape index (κ1) is 26.5. The quantitative estimate of drug-likeness (QED) is 0.397. The van der Waals surface area contributed by atoms with E-state index < -0.39 is 33.7 Å². The minimum Gasteiger partial charge on any atom is -0.492 e. The average molecular weight is 527 g/mol. The molecule has 0 aliphatic rings. The average Bonchev–Trinajstić information content (AvgIpc) is 2.80. The Labute approximate surface area is 206 Å². The Kier molecular flexibility index (Phi) is 8.42. The summed E-state index contributed by atoms with van der Waals surface area (Å²) < 4.78 is 72.9. The summed E-state index contributed by atoms with van der Waals surface area (Å²) in [4.78, 5) is 12.8. The lowest BCUT2D eigenvalue weighted by Crippen LogP contribution is -2.45. The zero-order chi connectivity index (χ0) is 25.6. The second-order valence-electron chi connectivity index (χ2n) is 7.46. The third-order valence-electron chi connectivity index (χ3n) is 4.87. The molecule has 3 rings (SSSR count). The van der Waals surface area contributed by atoms with Gasteiger partial charge in [-0.2, -0.15) is 17.9 Å². The van der Waals surface area contributed by atoms with Crippen LogP contribution in [-0.2, 0) is 27.4 Å². The zero-order valence-electron chi connectivity index (χ0n) is 18.5. The molecule has 1 unspecified atom stereocenters. The zero-order valence-corrected chi connectivity index (χ0v) is 20.0. The second-order valence-corrected chi connectivity index (χ2v) is 9.58. The Morgan fingerprint density at radius 2 is 1.74 bits per heavy atom. The van der Waals surface area contributed by atoms with Gasteiger partial charge in [0.15, 0.2) is 0 Å². The summed E-state index contributed by atoms with van der Waals surface area (Å²) in [5.74, 6) is -0.523. The summed E-state index contributed by atoms with van der Waals surface area (Å²) in [5, 5.41) is 2.45. The third kappa shape index (κ3) is 7.20. The molecule has 0 spiro atoms. The summed E-state index contributed by atoms with van der Waals surface area (Å²) in [6.07, 6.45) is -4.64. The van der Waals surface area contributed by atoms with Crippen molar-refractivity contribution in [3.05, 3.63) is 88.9 Å². The molecular formula is C24H22ClF3N2O4S. The van der Waals surface area contributed by atoms with E-state index in [4.69, 9.17) is 16.3 Å². The van der Waals surface area contributed by atoms with Crippen molar-refractivity contribution >= 4 is 33.2 Å². The maximum Gasteiger partial charge on any atom is 0.416 e. The van der Waals surface area contributed by atoms with Crippen LogP contribution in [0.4, 0.5) is 18.9 Å². The smallest absolute Gasteiger partial charge is 0.416 e. The van der Waals surface area contributed by atoms with Crippen molar-refractivity contribution < 1.29 is 31.1 Å². The number of alkyl halides is 3. The highest BCUT2D eigenvalue weighted by molar-refractivity contribution is 7.89. The Balaban J connectivity index is 1.88. The van der Waals surface area contributed by atoms with Crippen molar-refractivity contribution in [2.45, 2.75) is 30.5 Å². The number of anilines is 1. The van der Waals surface area contributed by atoms with E-state index in [-0.39, 0.29) is 22.0 Å². The van der Waals surface area contributed by atoms with E-state index in [0.717, 1.165) is 18.2 Å². The molecule has 0 aliphatic heterocycles. The summed E-state index contributed by atoms with van der Waals surface area (Å²) in [6, 6.07) is 15.2. The Bertz CT molecular complexity index is 1290. The van der Waals surface area contributed by atoms with E-state index >= 15 is 0 Å². The largest absolute Gasteiger partial charge is 0.492 e. The van der Waals surface area contributed by atoms with Crippen LogP contribution in [0.15, 0.2) is 77.7 Å². The predicted molar refractivity (Wildman–Crippen MR) is 127 cm³/mol. The molecule has 0 aromatic heterocycles. The normalized spacial score (nSPS) is 12.7. The maximum absolute atomic E-state index is 13.1. The summed E-state index contributed by atoms with van der Waals surface area (Å²) in [6.45, 7) is 2.08. The van der Waals surface area contributed by atoms with Crippen LogP contribution < -0.4 is 14.8 Å². The molecule has 0 saturated heterocycles. The predicted octanol–water partition coefficient (Wildman–Crippen LogP) is 5.29. The van der Waals surface area contributed by atoms with Gasteiger partial charge in [-0.25, -0.2) is 8.42 Å². The van der Waals surface area contributed by atoms with Gasteiger partial charge >= 0.3 is 6.18 Å². The fourth-order valence-electron chi connectivity index (χ4n) is 3.22. The molecule has 0 radical (unpaired) electrons. The first-order valence-electron chi connectivity index (χ1n) is 10.5. The number of nitrogens with one attached hydrogen (secondary N) is 2. The van der Waals surface area contributed by atoms with Crippen LogP contribution in [0.2, 0.25) is 5.02 Å². The van der Waals surface area contributed by atoms with E-state index in [1.807, 2.05) is 0 Å². The number of hydrogen-bond acceptors (Lipinski definition) is 4. The standard InChI is InChI=1S/C24H22ClF3N2O4S/c1-2-34-22-12-11-19(15-20(22)25)35(32,33)30-21(13-16-7-4-3-5-8-16)23(31)29-18-10-6-9-17(14-18)24(26,27)28/h3-12,14-15,21,30H,2,13H2,1H3,(H,29,31). The molecule has 3 aromatic carbocycles. The number of rotatable bonds is 9. The van der Waals surface area contributed by atoms with Gasteiger partial charge in [0.05, 0.1) is 22.1 Å². The third-order valence-corrected chi connectivity index (χ3v) is 6.63. The van der Waals surface area contributed by atoms with Crippen LogP contribution in [0.25, 0.3) is 0 Å². The first-order chi connectivity index (χ1) is 16.5. The fraction of sp³-hybridized carbons (Fsp3) is 0.208. The highest BCUT2D eigenvalue weighted by Crippen LogP contribution is 2.31. The van der Waals surface area contributed by atoms with Gasteiger partial charge in [0.1, 0.15) is 11.8 Å². The minimum atomic E-state index is -4.60. The van der Waals surface area contributed by atoms with Crippen molar-refractivity contribution in [3.8, 4) is 5.75 Å². The van der Waals surface area contributed by atoms with Gasteiger partial charge in [-0.1, -0.05) is 48.0 Å². The van der Waals surface area contributed by atoms with E-state index in [1.54, 1.807) is 37.3 Å². The molecule has 3 aromatic rings. The molecule has 0 aliphatic carbocycles. The molecule has 2 N–H and O–H groups in total. The van der Waals surface area contributed by atoms with Crippen LogP contribution in [-0.4, -0.2) is 27.0 Å². The number of hydrogen-bond donors (Lipinski definition) is 2. The van der Waals surface area contributed by atoms with Gasteiger partial charge in [0, 0.05) is 5.69 Å². The molecule has 0 bridgehead atoms. The van der Waals surface area contributed by atoms with Crippen LogP contribution in [0.1, 0.15) is 18.1 Å². The summed E-state index contributed by atoms with van der Waals surface area (Å²) in [7, 11) is -4.23. The van der Waals surface area contributed by atoms with Crippen LogP contribution >= 0.6 is 11.6 Å². The topological polar surface area (TPSA) is 84.5 Å². The van der Waals surface area contributed by atoms with E-state index in [9.17, 15) is 26.4 Å². The fourth-order valence-corrected chi connectivity index (χ4v) is 4.74. The number of carbonyl (C=O) groups excluding carboxylic acids is 1. The monoisotopic (exact) mass is 526 g/mol. The lowest BCUT2D eigenvalue weighted by Gasteiger charge is -2.19. The number of halogens is 4.